The Bertz CT molecular complexity index is 1200. The van der Waals surface area contributed by atoms with E-state index in [2.05, 4.69) is 26.5 Å². The molecular weight excluding hydrogens is 496 g/mol. The van der Waals surface area contributed by atoms with E-state index in [9.17, 15) is 14.9 Å². The van der Waals surface area contributed by atoms with Crippen molar-refractivity contribution >= 4 is 11.8 Å². The number of amides is 2. The van der Waals surface area contributed by atoms with E-state index in [-0.39, 0.29) is 23.0 Å². The van der Waals surface area contributed by atoms with E-state index in [1.807, 2.05) is 75.1 Å². The molecule has 0 radical (unpaired) electrons. The molecule has 6 nitrogen and oxygen atoms in total. The predicted molar refractivity (Wildman–Crippen MR) is 167 cm³/mol. The van der Waals surface area contributed by atoms with Crippen molar-refractivity contribution in [1.29, 1.82) is 5.26 Å². The quantitative estimate of drug-likeness (QED) is 0.158. The second-order valence-electron chi connectivity index (χ2n) is 9.00. The Kier molecular flexibility index (Phi) is 17.5. The maximum Gasteiger partial charge on any atom is 0.266 e. The van der Waals surface area contributed by atoms with Gasteiger partial charge in [-0.3, -0.25) is 9.59 Å². The van der Waals surface area contributed by atoms with Crippen molar-refractivity contribution in [3.8, 4) is 6.07 Å². The van der Waals surface area contributed by atoms with Crippen molar-refractivity contribution in [2.75, 3.05) is 6.54 Å². The molecule has 1 atom stereocenters. The van der Waals surface area contributed by atoms with Crippen LogP contribution in [0.4, 0.5) is 0 Å². The van der Waals surface area contributed by atoms with Gasteiger partial charge in [0.25, 0.3) is 11.8 Å². The molecule has 2 amide bonds. The average Bonchev–Trinajstić information content (AvgIpc) is 2.98. The van der Waals surface area contributed by atoms with E-state index in [0.29, 0.717) is 17.7 Å². The zero-order valence-corrected chi connectivity index (χ0v) is 25.4. The normalized spacial score (nSPS) is 11.9. The fourth-order valence-corrected chi connectivity index (χ4v) is 3.49. The summed E-state index contributed by atoms with van der Waals surface area (Å²) in [6, 6.07) is 20.1. The minimum absolute atomic E-state index is 0.140. The van der Waals surface area contributed by atoms with Crippen LogP contribution in [0.25, 0.3) is 0 Å². The van der Waals surface area contributed by atoms with Crippen LogP contribution < -0.4 is 5.73 Å². The number of hydrogen-bond donors (Lipinski definition) is 1. The van der Waals surface area contributed by atoms with Gasteiger partial charge in [-0.1, -0.05) is 87.5 Å². The zero-order valence-electron chi connectivity index (χ0n) is 25.4. The number of rotatable bonds is 8. The topological polar surface area (TPSA) is 90.4 Å². The van der Waals surface area contributed by atoms with E-state index in [1.165, 1.54) is 12.6 Å². The van der Waals surface area contributed by atoms with Crippen molar-refractivity contribution in [2.45, 2.75) is 67.9 Å². The van der Waals surface area contributed by atoms with Gasteiger partial charge in [0.1, 0.15) is 11.9 Å². The zero-order chi connectivity index (χ0) is 30.7. The largest absolute Gasteiger partial charge is 0.404 e. The second-order valence-corrected chi connectivity index (χ2v) is 9.00. The van der Waals surface area contributed by atoms with Crippen LogP contribution in [0.15, 0.2) is 108 Å². The Morgan fingerprint density at radius 2 is 1.45 bits per heavy atom. The molecule has 2 aromatic carbocycles. The molecule has 2 N–H and O–H groups in total. The highest BCUT2D eigenvalue weighted by Crippen LogP contribution is 2.31. The molecule has 0 aliphatic rings. The fourth-order valence-electron chi connectivity index (χ4n) is 3.49. The van der Waals surface area contributed by atoms with Gasteiger partial charge in [-0.2, -0.15) is 5.26 Å². The van der Waals surface area contributed by atoms with Crippen molar-refractivity contribution < 1.29 is 9.59 Å². The third kappa shape index (κ3) is 10.4. The van der Waals surface area contributed by atoms with E-state index in [4.69, 9.17) is 5.73 Å². The van der Waals surface area contributed by atoms with Crippen LogP contribution in [0.3, 0.4) is 0 Å². The summed E-state index contributed by atoms with van der Waals surface area (Å²) in [5.41, 5.74) is 7.82. The lowest BCUT2D eigenvalue weighted by Crippen LogP contribution is -2.45. The minimum Gasteiger partial charge on any atom is -0.404 e. The average molecular weight is 543 g/mol. The van der Waals surface area contributed by atoms with Crippen LogP contribution in [-0.4, -0.2) is 28.2 Å². The number of benzene rings is 2. The number of imide groups is 1. The summed E-state index contributed by atoms with van der Waals surface area (Å²) >= 11 is 0. The number of nitriles is 1. The molecular formula is C34H46N4O2. The lowest BCUT2D eigenvalue weighted by molar-refractivity contribution is -0.124. The Hall–Kier alpha value is -4.37. The monoisotopic (exact) mass is 542 g/mol. The number of allylic oxidation sites excluding steroid dienone is 4. The van der Waals surface area contributed by atoms with Gasteiger partial charge in [-0.25, -0.2) is 4.90 Å². The van der Waals surface area contributed by atoms with Crippen LogP contribution in [0.1, 0.15) is 83.8 Å². The molecule has 0 bridgehead atoms. The first-order valence-corrected chi connectivity index (χ1v) is 13.6. The molecule has 0 saturated heterocycles. The van der Waals surface area contributed by atoms with E-state index in [1.54, 1.807) is 44.2 Å². The molecule has 0 spiro atoms. The summed E-state index contributed by atoms with van der Waals surface area (Å²) in [4.78, 5) is 30.0. The van der Waals surface area contributed by atoms with Crippen LogP contribution >= 0.6 is 0 Å². The predicted octanol–water partition coefficient (Wildman–Crippen LogP) is 7.91. The summed E-state index contributed by atoms with van der Waals surface area (Å²) in [5, 5.41) is 10.1. The molecule has 214 valence electrons. The Morgan fingerprint density at radius 1 is 0.975 bits per heavy atom. The van der Waals surface area contributed by atoms with E-state index >= 15 is 0 Å². The Balaban J connectivity index is 0.00000195. The number of nitrogens with zero attached hydrogens (tertiary/aromatic N) is 3. The van der Waals surface area contributed by atoms with Gasteiger partial charge in [0.15, 0.2) is 0 Å². The molecule has 2 aromatic rings. The van der Waals surface area contributed by atoms with Crippen LogP contribution in [-0.2, 0) is 4.79 Å². The first kappa shape index (κ1) is 35.6. The van der Waals surface area contributed by atoms with E-state index < -0.39 is 11.8 Å². The highest BCUT2D eigenvalue weighted by Gasteiger charge is 2.34. The first-order valence-electron chi connectivity index (χ1n) is 13.6. The lowest BCUT2D eigenvalue weighted by atomic mass is 10.0. The van der Waals surface area contributed by atoms with Crippen LogP contribution in [0, 0.1) is 11.3 Å². The van der Waals surface area contributed by atoms with Gasteiger partial charge < -0.3 is 10.6 Å². The van der Waals surface area contributed by atoms with Gasteiger partial charge in [0, 0.05) is 17.7 Å². The minimum atomic E-state index is -0.588. The molecule has 0 aliphatic heterocycles. The maximum atomic E-state index is 13.7. The fraction of sp³-hybridized carbons (Fsp3) is 0.324. The van der Waals surface area contributed by atoms with Gasteiger partial charge >= 0.3 is 0 Å². The maximum absolute atomic E-state index is 13.7. The summed E-state index contributed by atoms with van der Waals surface area (Å²) in [6.07, 6.45) is 6.55. The molecule has 0 saturated carbocycles. The Morgan fingerprint density at radius 3 is 1.82 bits per heavy atom. The number of carbonyl (C=O) groups is 2. The second kappa shape index (κ2) is 19.7. The van der Waals surface area contributed by atoms with Gasteiger partial charge in [0.05, 0.1) is 11.6 Å². The molecule has 0 heterocycles. The van der Waals surface area contributed by atoms with Crippen LogP contribution in [0.5, 0.6) is 0 Å². The third-order valence-electron chi connectivity index (χ3n) is 5.68. The number of nitrogens with two attached hydrogens (primary N) is 1. The van der Waals surface area contributed by atoms with Crippen molar-refractivity contribution in [1.82, 2.24) is 9.80 Å². The summed E-state index contributed by atoms with van der Waals surface area (Å²) in [5.74, 6) is -0.956. The molecule has 0 aliphatic carbocycles. The SMILES string of the molecule is C/C=C\C.C=C(C)C(=O)N(C(=O)c1ccccc1)/C(=C(C#N)/C(C)=C/N)N(CC)C(C)c1ccccc1.CCC. The van der Waals surface area contributed by atoms with Crippen molar-refractivity contribution in [3.63, 3.8) is 0 Å². The Labute approximate surface area is 241 Å². The molecule has 6 heteroatoms. The number of hydrogen-bond acceptors (Lipinski definition) is 5. The van der Waals surface area contributed by atoms with Crippen LogP contribution in [0.2, 0.25) is 0 Å². The van der Waals surface area contributed by atoms with Gasteiger partial charge in [-0.05, 0) is 71.0 Å². The first-order chi connectivity index (χ1) is 19.1. The summed E-state index contributed by atoms with van der Waals surface area (Å²) in [7, 11) is 0. The third-order valence-corrected chi connectivity index (χ3v) is 5.68. The molecule has 0 aromatic heterocycles. The standard InChI is InChI=1S/C27H30N4O2.C4H8.C3H8/c1-6-30(21(5)22-13-9-7-10-14-22)25(24(18-29)20(4)17-28)31(26(32)19(2)3)27(33)23-15-11-8-12-16-23;1-3-4-2;1-3-2/h7-17,21H,2,6,28H2,1,3-5H3;3-4H,1-2H3;3H2,1-2H3/b20-17+,25-24+;4-3-;. The highest BCUT2D eigenvalue weighted by atomic mass is 16.2. The van der Waals surface area contributed by atoms with E-state index in [0.717, 1.165) is 10.5 Å². The van der Waals surface area contributed by atoms with Crippen molar-refractivity contribution in [3.05, 3.63) is 119 Å². The van der Waals surface area contributed by atoms with Crippen molar-refractivity contribution in [2.24, 2.45) is 5.73 Å². The number of carbonyl (C=O) groups excluding carboxylic acids is 2. The highest BCUT2D eigenvalue weighted by molar-refractivity contribution is 6.11. The summed E-state index contributed by atoms with van der Waals surface area (Å²) in [6.45, 7) is 19.5. The smallest absolute Gasteiger partial charge is 0.266 e. The molecule has 40 heavy (non-hydrogen) atoms. The summed E-state index contributed by atoms with van der Waals surface area (Å²) < 4.78 is 0. The lowest BCUT2D eigenvalue weighted by Gasteiger charge is -2.38. The molecule has 1 unspecified atom stereocenters. The molecule has 0 fully saturated rings. The van der Waals surface area contributed by atoms with Gasteiger partial charge in [0.2, 0.25) is 0 Å². The molecule has 2 rings (SSSR count). The van der Waals surface area contributed by atoms with Gasteiger partial charge in [-0.15, -0.1) is 0 Å².